The minimum atomic E-state index is -0.694. The number of rotatable bonds is 4. The molecule has 1 amide bonds. The van der Waals surface area contributed by atoms with Crippen LogP contribution in [0.25, 0.3) is 0 Å². The third kappa shape index (κ3) is 3.87. The maximum Gasteiger partial charge on any atom is 0.306 e. The number of carbonyl (C=O) groups is 2. The molecule has 1 aliphatic rings. The van der Waals surface area contributed by atoms with E-state index in [0.29, 0.717) is 19.3 Å². The summed E-state index contributed by atoms with van der Waals surface area (Å²) in [6.45, 7) is 2.30. The number of amides is 1. The second kappa shape index (κ2) is 5.70. The van der Waals surface area contributed by atoms with E-state index in [4.69, 9.17) is 5.11 Å². The first-order valence-corrected chi connectivity index (χ1v) is 5.29. The largest absolute Gasteiger partial charge is 0.481 e. The number of nitrogens with one attached hydrogen (secondary N) is 1. The van der Waals surface area contributed by atoms with Crippen LogP contribution in [0.1, 0.15) is 19.3 Å². The first-order valence-electron chi connectivity index (χ1n) is 5.29. The lowest BCUT2D eigenvalue weighted by Gasteiger charge is -2.29. The molecule has 0 saturated carbocycles. The normalized spacial score (nSPS) is 18.7. The number of nitrogens with zero attached hydrogens (tertiary/aromatic N) is 1. The van der Waals surface area contributed by atoms with Crippen LogP contribution in [0.4, 0.5) is 0 Å². The highest BCUT2D eigenvalue weighted by molar-refractivity contribution is 5.75. The molecule has 5 nitrogen and oxygen atoms in total. The molecule has 0 bridgehead atoms. The lowest BCUT2D eigenvalue weighted by molar-refractivity contribution is -0.143. The van der Waals surface area contributed by atoms with E-state index in [1.165, 1.54) is 0 Å². The summed E-state index contributed by atoms with van der Waals surface area (Å²) in [5.41, 5.74) is 0. The molecule has 0 aromatic heterocycles. The maximum absolute atomic E-state index is 11.0. The summed E-state index contributed by atoms with van der Waals surface area (Å²) in [7, 11) is 1.62. The summed E-state index contributed by atoms with van der Waals surface area (Å²) in [4.78, 5) is 23.8. The molecule has 2 N–H and O–H groups in total. The Morgan fingerprint density at radius 3 is 2.47 bits per heavy atom. The minimum absolute atomic E-state index is 0.0374. The Hall–Kier alpha value is -1.10. The molecule has 0 unspecified atom stereocenters. The Morgan fingerprint density at radius 2 is 2.00 bits per heavy atom. The zero-order valence-electron chi connectivity index (χ0n) is 9.03. The number of hydrogen-bond acceptors (Lipinski definition) is 3. The third-order valence-electron chi connectivity index (χ3n) is 2.87. The molecule has 15 heavy (non-hydrogen) atoms. The predicted octanol–water partition coefficient (Wildman–Crippen LogP) is -0.0809. The predicted molar refractivity (Wildman–Crippen MR) is 55.5 cm³/mol. The Labute approximate surface area is 89.4 Å². The second-order valence-electron chi connectivity index (χ2n) is 3.88. The van der Waals surface area contributed by atoms with Crippen LogP contribution in [0.3, 0.4) is 0 Å². The van der Waals surface area contributed by atoms with Crippen molar-refractivity contribution in [2.45, 2.75) is 19.3 Å². The fourth-order valence-corrected chi connectivity index (χ4v) is 1.79. The highest BCUT2D eigenvalue weighted by Crippen LogP contribution is 2.17. The number of piperidine rings is 1. The number of carboxylic acid groups (broad SMARTS) is 1. The van der Waals surface area contributed by atoms with Gasteiger partial charge >= 0.3 is 5.97 Å². The summed E-state index contributed by atoms with van der Waals surface area (Å²) in [5, 5.41) is 11.4. The molecule has 0 atom stereocenters. The van der Waals surface area contributed by atoms with Crippen molar-refractivity contribution in [2.24, 2.45) is 5.92 Å². The van der Waals surface area contributed by atoms with Crippen molar-refractivity contribution in [3.63, 3.8) is 0 Å². The molecule has 1 rings (SSSR count). The number of carboxylic acids is 1. The van der Waals surface area contributed by atoms with Gasteiger partial charge < -0.3 is 15.3 Å². The van der Waals surface area contributed by atoms with E-state index in [9.17, 15) is 9.59 Å². The second-order valence-corrected chi connectivity index (χ2v) is 3.88. The average molecular weight is 214 g/mol. The minimum Gasteiger partial charge on any atom is -0.481 e. The van der Waals surface area contributed by atoms with E-state index in [1.807, 2.05) is 0 Å². The monoisotopic (exact) mass is 214 g/mol. The van der Waals surface area contributed by atoms with E-state index in [-0.39, 0.29) is 11.8 Å². The van der Waals surface area contributed by atoms with Crippen molar-refractivity contribution in [1.29, 1.82) is 0 Å². The van der Waals surface area contributed by atoms with Crippen molar-refractivity contribution < 1.29 is 14.7 Å². The summed E-state index contributed by atoms with van der Waals surface area (Å²) in [6, 6.07) is 0. The molecule has 0 radical (unpaired) electrons. The molecular weight excluding hydrogens is 196 g/mol. The first kappa shape index (κ1) is 12.0. The van der Waals surface area contributed by atoms with E-state index < -0.39 is 5.97 Å². The number of hydrogen-bond donors (Lipinski definition) is 2. The van der Waals surface area contributed by atoms with Gasteiger partial charge in [-0.1, -0.05) is 0 Å². The average Bonchev–Trinajstić information content (AvgIpc) is 2.26. The van der Waals surface area contributed by atoms with E-state index in [0.717, 1.165) is 19.6 Å². The van der Waals surface area contributed by atoms with Gasteiger partial charge in [0.1, 0.15) is 0 Å². The highest BCUT2D eigenvalue weighted by Gasteiger charge is 2.24. The van der Waals surface area contributed by atoms with Gasteiger partial charge in [-0.25, -0.2) is 0 Å². The van der Waals surface area contributed by atoms with Gasteiger partial charge in [0.25, 0.3) is 0 Å². The lowest BCUT2D eigenvalue weighted by Crippen LogP contribution is -2.38. The molecule has 1 heterocycles. The van der Waals surface area contributed by atoms with Crippen molar-refractivity contribution in [3.8, 4) is 0 Å². The Morgan fingerprint density at radius 1 is 1.40 bits per heavy atom. The van der Waals surface area contributed by atoms with Gasteiger partial charge in [-0.05, 0) is 25.9 Å². The number of likely N-dealkylation sites (tertiary alicyclic amines) is 1. The van der Waals surface area contributed by atoms with E-state index in [1.54, 1.807) is 7.05 Å². The molecule has 0 spiro atoms. The van der Waals surface area contributed by atoms with Gasteiger partial charge in [0.05, 0.1) is 5.92 Å². The van der Waals surface area contributed by atoms with Crippen molar-refractivity contribution in [1.82, 2.24) is 10.2 Å². The molecule has 1 fully saturated rings. The van der Waals surface area contributed by atoms with Crippen LogP contribution in [0.2, 0.25) is 0 Å². The standard InChI is InChI=1S/C10H18N2O3/c1-11-9(13)4-7-12-5-2-8(3-6-12)10(14)15/h8H,2-7H2,1H3,(H,11,13)(H,14,15). The van der Waals surface area contributed by atoms with Crippen molar-refractivity contribution in [2.75, 3.05) is 26.7 Å². The maximum atomic E-state index is 11.0. The van der Waals surface area contributed by atoms with Crippen LogP contribution in [-0.2, 0) is 9.59 Å². The van der Waals surface area contributed by atoms with E-state index >= 15 is 0 Å². The molecule has 0 aromatic rings. The zero-order valence-corrected chi connectivity index (χ0v) is 9.03. The zero-order chi connectivity index (χ0) is 11.3. The fraction of sp³-hybridized carbons (Fsp3) is 0.800. The van der Waals surface area contributed by atoms with Gasteiger partial charge in [-0.3, -0.25) is 9.59 Å². The number of aliphatic carboxylic acids is 1. The summed E-state index contributed by atoms with van der Waals surface area (Å²) in [5.74, 6) is -0.849. The van der Waals surface area contributed by atoms with Gasteiger partial charge in [-0.15, -0.1) is 0 Å². The fourth-order valence-electron chi connectivity index (χ4n) is 1.79. The number of carbonyl (C=O) groups excluding carboxylic acids is 1. The van der Waals surface area contributed by atoms with Gasteiger partial charge in [0.15, 0.2) is 0 Å². The Balaban J connectivity index is 2.20. The quantitative estimate of drug-likeness (QED) is 0.686. The van der Waals surface area contributed by atoms with Crippen LogP contribution < -0.4 is 5.32 Å². The van der Waals surface area contributed by atoms with Gasteiger partial charge in [0.2, 0.25) is 5.91 Å². The Kier molecular flexibility index (Phi) is 4.55. The SMILES string of the molecule is CNC(=O)CCN1CCC(C(=O)O)CC1. The van der Waals surface area contributed by atoms with Crippen molar-refractivity contribution >= 4 is 11.9 Å². The molecule has 5 heteroatoms. The topological polar surface area (TPSA) is 69.6 Å². The summed E-state index contributed by atoms with van der Waals surface area (Å²) in [6.07, 6.45) is 1.89. The molecule has 86 valence electrons. The summed E-state index contributed by atoms with van der Waals surface area (Å²) < 4.78 is 0. The van der Waals surface area contributed by atoms with Crippen LogP contribution in [-0.4, -0.2) is 48.6 Å². The van der Waals surface area contributed by atoms with Crippen molar-refractivity contribution in [3.05, 3.63) is 0 Å². The molecular formula is C10H18N2O3. The summed E-state index contributed by atoms with van der Waals surface area (Å²) >= 11 is 0. The molecule has 0 aromatic carbocycles. The lowest BCUT2D eigenvalue weighted by atomic mass is 9.97. The highest BCUT2D eigenvalue weighted by atomic mass is 16.4. The molecule has 1 aliphatic heterocycles. The van der Waals surface area contributed by atoms with Gasteiger partial charge in [0, 0.05) is 20.0 Å². The van der Waals surface area contributed by atoms with Crippen LogP contribution in [0.5, 0.6) is 0 Å². The molecule has 0 aliphatic carbocycles. The van der Waals surface area contributed by atoms with E-state index in [2.05, 4.69) is 10.2 Å². The Bertz CT molecular complexity index is 235. The van der Waals surface area contributed by atoms with Crippen LogP contribution in [0, 0.1) is 5.92 Å². The molecule has 1 saturated heterocycles. The third-order valence-corrected chi connectivity index (χ3v) is 2.87. The first-order chi connectivity index (χ1) is 7.13. The smallest absolute Gasteiger partial charge is 0.306 e. The van der Waals surface area contributed by atoms with Crippen LogP contribution in [0.15, 0.2) is 0 Å². The van der Waals surface area contributed by atoms with Crippen LogP contribution >= 0.6 is 0 Å². The van der Waals surface area contributed by atoms with Gasteiger partial charge in [-0.2, -0.15) is 0 Å².